The highest BCUT2D eigenvalue weighted by molar-refractivity contribution is 5.25. The first-order valence-electron chi connectivity index (χ1n) is 4.98. The summed E-state index contributed by atoms with van der Waals surface area (Å²) in [6, 6.07) is 1.77. The molecule has 1 fully saturated rings. The molecule has 0 radical (unpaired) electrons. The van der Waals surface area contributed by atoms with E-state index in [1.807, 2.05) is 0 Å². The first kappa shape index (κ1) is 10.3. The molecule has 0 saturated heterocycles. The first-order chi connectivity index (χ1) is 7.16. The van der Waals surface area contributed by atoms with Gasteiger partial charge in [-0.25, -0.2) is 13.2 Å². The maximum atomic E-state index is 12.8. The minimum atomic E-state index is -1.45. The van der Waals surface area contributed by atoms with Gasteiger partial charge in [-0.15, -0.1) is 0 Å². The van der Waals surface area contributed by atoms with Crippen LogP contribution >= 0.6 is 0 Å². The third-order valence-corrected chi connectivity index (χ3v) is 2.56. The molecule has 1 aliphatic carbocycles. The Balaban J connectivity index is 2.14. The van der Waals surface area contributed by atoms with Crippen LogP contribution in [-0.4, -0.2) is 6.10 Å². The molecule has 1 aliphatic rings. The van der Waals surface area contributed by atoms with Crippen molar-refractivity contribution in [3.63, 3.8) is 0 Å². The lowest BCUT2D eigenvalue weighted by atomic mass is 10.3. The topological polar surface area (TPSA) is 9.23 Å². The van der Waals surface area contributed by atoms with Crippen LogP contribution in [0.15, 0.2) is 12.1 Å². The summed E-state index contributed by atoms with van der Waals surface area (Å²) < 4.78 is 43.6. The predicted molar refractivity (Wildman–Crippen MR) is 49.2 cm³/mol. The molecule has 1 aromatic rings. The number of hydrogen-bond donors (Lipinski definition) is 0. The molecule has 1 aromatic carbocycles. The van der Waals surface area contributed by atoms with Gasteiger partial charge in [-0.1, -0.05) is 0 Å². The summed E-state index contributed by atoms with van der Waals surface area (Å²) in [6.45, 7) is 0. The molecule has 82 valence electrons. The van der Waals surface area contributed by atoms with Gasteiger partial charge in [0, 0.05) is 12.1 Å². The van der Waals surface area contributed by atoms with Crippen molar-refractivity contribution in [2.24, 2.45) is 0 Å². The second-order valence-corrected chi connectivity index (χ2v) is 3.73. The molecular formula is C11H11F3O. The van der Waals surface area contributed by atoms with Gasteiger partial charge in [-0.2, -0.15) is 0 Å². The summed E-state index contributed by atoms with van der Waals surface area (Å²) in [5.41, 5.74) is 0. The number of halogens is 3. The Morgan fingerprint density at radius 1 is 1.00 bits per heavy atom. The van der Waals surface area contributed by atoms with E-state index in [2.05, 4.69) is 0 Å². The molecular weight excluding hydrogens is 205 g/mol. The van der Waals surface area contributed by atoms with Gasteiger partial charge in [0.2, 0.25) is 0 Å². The summed E-state index contributed by atoms with van der Waals surface area (Å²) in [4.78, 5) is 0. The third-order valence-electron chi connectivity index (χ3n) is 2.56. The SMILES string of the molecule is Fc1cc(OC2CCCC2)cc(F)c1F. The van der Waals surface area contributed by atoms with E-state index in [-0.39, 0.29) is 11.9 Å². The Morgan fingerprint density at radius 2 is 1.53 bits per heavy atom. The summed E-state index contributed by atoms with van der Waals surface area (Å²) in [5, 5.41) is 0. The summed E-state index contributed by atoms with van der Waals surface area (Å²) in [5.74, 6) is -3.79. The van der Waals surface area contributed by atoms with E-state index in [0.717, 1.165) is 37.8 Å². The van der Waals surface area contributed by atoms with Crippen LogP contribution in [0.1, 0.15) is 25.7 Å². The minimum Gasteiger partial charge on any atom is -0.490 e. The molecule has 0 amide bonds. The maximum Gasteiger partial charge on any atom is 0.194 e. The summed E-state index contributed by atoms with van der Waals surface area (Å²) in [6.07, 6.45) is 3.92. The van der Waals surface area contributed by atoms with E-state index in [4.69, 9.17) is 4.74 Å². The van der Waals surface area contributed by atoms with Gasteiger partial charge in [-0.3, -0.25) is 0 Å². The van der Waals surface area contributed by atoms with Crippen molar-refractivity contribution in [3.8, 4) is 5.75 Å². The van der Waals surface area contributed by atoms with Gasteiger partial charge >= 0.3 is 0 Å². The lowest BCUT2D eigenvalue weighted by Crippen LogP contribution is -2.11. The van der Waals surface area contributed by atoms with Crippen LogP contribution in [-0.2, 0) is 0 Å². The highest BCUT2D eigenvalue weighted by atomic mass is 19.2. The third kappa shape index (κ3) is 2.25. The van der Waals surface area contributed by atoms with Crippen molar-refractivity contribution in [1.82, 2.24) is 0 Å². The first-order valence-corrected chi connectivity index (χ1v) is 4.98. The Kier molecular flexibility index (Phi) is 2.84. The lowest BCUT2D eigenvalue weighted by molar-refractivity contribution is 0.207. The monoisotopic (exact) mass is 216 g/mol. The van der Waals surface area contributed by atoms with Crippen molar-refractivity contribution < 1.29 is 17.9 Å². The molecule has 1 nitrogen and oxygen atoms in total. The second-order valence-electron chi connectivity index (χ2n) is 3.73. The average Bonchev–Trinajstić information content (AvgIpc) is 2.66. The van der Waals surface area contributed by atoms with Crippen molar-refractivity contribution in [2.45, 2.75) is 31.8 Å². The largest absolute Gasteiger partial charge is 0.490 e. The zero-order valence-corrected chi connectivity index (χ0v) is 8.10. The Hall–Kier alpha value is -1.19. The molecule has 0 bridgehead atoms. The molecule has 2 rings (SSSR count). The van der Waals surface area contributed by atoms with Crippen LogP contribution in [0.25, 0.3) is 0 Å². The predicted octanol–water partition coefficient (Wildman–Crippen LogP) is 3.43. The van der Waals surface area contributed by atoms with Crippen molar-refractivity contribution in [1.29, 1.82) is 0 Å². The highest BCUT2D eigenvalue weighted by Gasteiger charge is 2.18. The molecule has 0 heterocycles. The standard InChI is InChI=1S/C11H11F3O/c12-9-5-8(6-10(13)11(9)14)15-7-3-1-2-4-7/h5-7H,1-4H2. The fraction of sp³-hybridized carbons (Fsp3) is 0.455. The Morgan fingerprint density at radius 3 is 2.07 bits per heavy atom. The van der Waals surface area contributed by atoms with Crippen molar-refractivity contribution in [3.05, 3.63) is 29.6 Å². The molecule has 0 unspecified atom stereocenters. The number of ether oxygens (including phenoxy) is 1. The summed E-state index contributed by atoms with van der Waals surface area (Å²) in [7, 11) is 0. The van der Waals surface area contributed by atoms with Crippen LogP contribution in [0, 0.1) is 17.5 Å². The van der Waals surface area contributed by atoms with Gasteiger partial charge in [0.05, 0.1) is 6.10 Å². The highest BCUT2D eigenvalue weighted by Crippen LogP contribution is 2.26. The van der Waals surface area contributed by atoms with Crippen LogP contribution in [0.2, 0.25) is 0 Å². The number of hydrogen-bond acceptors (Lipinski definition) is 1. The molecule has 1 saturated carbocycles. The molecule has 0 aromatic heterocycles. The van der Waals surface area contributed by atoms with Gasteiger partial charge < -0.3 is 4.74 Å². The van der Waals surface area contributed by atoms with Crippen molar-refractivity contribution >= 4 is 0 Å². The number of benzene rings is 1. The van der Waals surface area contributed by atoms with Gasteiger partial charge in [0.25, 0.3) is 0 Å². The van der Waals surface area contributed by atoms with Crippen LogP contribution < -0.4 is 4.74 Å². The molecule has 0 N–H and O–H groups in total. The van der Waals surface area contributed by atoms with Gasteiger partial charge in [0.15, 0.2) is 17.5 Å². The summed E-state index contributed by atoms with van der Waals surface area (Å²) >= 11 is 0. The van der Waals surface area contributed by atoms with Gasteiger partial charge in [0.1, 0.15) is 5.75 Å². The molecule has 15 heavy (non-hydrogen) atoms. The van der Waals surface area contributed by atoms with E-state index in [0.29, 0.717) is 0 Å². The quantitative estimate of drug-likeness (QED) is 0.688. The van der Waals surface area contributed by atoms with E-state index < -0.39 is 17.5 Å². The van der Waals surface area contributed by atoms with E-state index in [1.165, 1.54) is 0 Å². The minimum absolute atomic E-state index is 0.00858. The normalized spacial score (nSPS) is 17.0. The molecule has 4 heteroatoms. The van der Waals surface area contributed by atoms with Crippen LogP contribution in [0.4, 0.5) is 13.2 Å². The maximum absolute atomic E-state index is 12.8. The smallest absolute Gasteiger partial charge is 0.194 e. The fourth-order valence-corrected chi connectivity index (χ4v) is 1.80. The Bertz CT molecular complexity index is 336. The van der Waals surface area contributed by atoms with E-state index in [9.17, 15) is 13.2 Å². The zero-order valence-electron chi connectivity index (χ0n) is 8.10. The fourth-order valence-electron chi connectivity index (χ4n) is 1.80. The van der Waals surface area contributed by atoms with Crippen LogP contribution in [0.3, 0.4) is 0 Å². The average molecular weight is 216 g/mol. The Labute approximate surface area is 85.9 Å². The van der Waals surface area contributed by atoms with E-state index >= 15 is 0 Å². The molecule has 0 spiro atoms. The van der Waals surface area contributed by atoms with E-state index in [1.54, 1.807) is 0 Å². The second kappa shape index (κ2) is 4.13. The van der Waals surface area contributed by atoms with Crippen molar-refractivity contribution in [2.75, 3.05) is 0 Å². The molecule has 0 atom stereocenters. The lowest BCUT2D eigenvalue weighted by Gasteiger charge is -2.13. The van der Waals surface area contributed by atoms with Crippen LogP contribution in [0.5, 0.6) is 5.75 Å². The van der Waals surface area contributed by atoms with Gasteiger partial charge in [-0.05, 0) is 25.7 Å². The number of rotatable bonds is 2. The molecule has 0 aliphatic heterocycles. The zero-order chi connectivity index (χ0) is 10.8.